The second-order valence-electron chi connectivity index (χ2n) is 7.77. The summed E-state index contributed by atoms with van der Waals surface area (Å²) in [6, 6.07) is 4.26. The number of piperidine rings is 1. The lowest BCUT2D eigenvalue weighted by atomic mass is 9.99. The minimum absolute atomic E-state index is 0.232. The molecule has 0 aliphatic carbocycles. The average Bonchev–Trinajstić information content (AvgIpc) is 2.76. The van der Waals surface area contributed by atoms with E-state index in [1.54, 1.807) is 11.9 Å². The van der Waals surface area contributed by atoms with E-state index in [0.29, 0.717) is 26.2 Å². The van der Waals surface area contributed by atoms with Crippen molar-refractivity contribution >= 4 is 17.9 Å². The number of aliphatic imine (C=N–C) groups is 1. The first kappa shape index (κ1) is 21.2. The van der Waals surface area contributed by atoms with Crippen LogP contribution in [-0.4, -0.2) is 79.8 Å². The van der Waals surface area contributed by atoms with Gasteiger partial charge in [-0.15, -0.1) is 0 Å². The fraction of sp³-hybridized carbons (Fsp3) is 0.667. The first-order chi connectivity index (χ1) is 14.1. The zero-order valence-electron chi connectivity index (χ0n) is 17.9. The van der Waals surface area contributed by atoms with Crippen LogP contribution in [0.15, 0.2) is 23.3 Å². The molecule has 0 aromatic carbocycles. The topological polar surface area (TPSA) is 73.3 Å². The van der Waals surface area contributed by atoms with Crippen LogP contribution in [0.25, 0.3) is 0 Å². The number of nitrogens with zero attached hydrogens (tertiary/aromatic N) is 5. The van der Waals surface area contributed by atoms with Crippen LogP contribution in [0.2, 0.25) is 0 Å². The van der Waals surface area contributed by atoms with Crippen molar-refractivity contribution in [3.63, 3.8) is 0 Å². The van der Waals surface area contributed by atoms with Gasteiger partial charge in [0.05, 0.1) is 6.61 Å². The molecular weight excluding hydrogens is 368 g/mol. The number of carbonyl (C=O) groups excluding carboxylic acids is 1. The summed E-state index contributed by atoms with van der Waals surface area (Å²) in [4.78, 5) is 27.2. The van der Waals surface area contributed by atoms with Crippen LogP contribution >= 0.6 is 0 Å². The Morgan fingerprint density at radius 3 is 2.45 bits per heavy atom. The van der Waals surface area contributed by atoms with E-state index in [-0.39, 0.29) is 6.09 Å². The van der Waals surface area contributed by atoms with Crippen molar-refractivity contribution in [3.05, 3.63) is 23.9 Å². The molecule has 8 nitrogen and oxygen atoms in total. The Bertz CT molecular complexity index is 677. The summed E-state index contributed by atoms with van der Waals surface area (Å²) in [5, 5.41) is 3.42. The molecule has 1 amide bonds. The van der Waals surface area contributed by atoms with E-state index in [0.717, 1.165) is 49.4 Å². The summed E-state index contributed by atoms with van der Waals surface area (Å²) >= 11 is 0. The molecule has 3 rings (SSSR count). The third-order valence-corrected chi connectivity index (χ3v) is 5.68. The molecule has 29 heavy (non-hydrogen) atoms. The third kappa shape index (κ3) is 5.74. The summed E-state index contributed by atoms with van der Waals surface area (Å²) in [7, 11) is 1.79. The number of aromatic nitrogens is 1. The highest BCUT2D eigenvalue weighted by Crippen LogP contribution is 2.21. The Hall–Kier alpha value is -2.51. The highest BCUT2D eigenvalue weighted by molar-refractivity contribution is 5.80. The lowest BCUT2D eigenvalue weighted by Gasteiger charge is -2.35. The van der Waals surface area contributed by atoms with Gasteiger partial charge >= 0.3 is 6.09 Å². The van der Waals surface area contributed by atoms with Crippen molar-refractivity contribution in [1.29, 1.82) is 0 Å². The molecule has 2 saturated heterocycles. The molecule has 0 unspecified atom stereocenters. The molecule has 1 aromatic heterocycles. The van der Waals surface area contributed by atoms with Crippen molar-refractivity contribution < 1.29 is 9.53 Å². The predicted octanol–water partition coefficient (Wildman–Crippen LogP) is 2.17. The summed E-state index contributed by atoms with van der Waals surface area (Å²) in [5.74, 6) is 2.74. The van der Waals surface area contributed by atoms with Crippen LogP contribution in [0, 0.1) is 5.92 Å². The Labute approximate surface area is 173 Å². The van der Waals surface area contributed by atoms with Gasteiger partial charge in [0.25, 0.3) is 0 Å². The van der Waals surface area contributed by atoms with Gasteiger partial charge in [-0.1, -0.05) is 13.0 Å². The quantitative estimate of drug-likeness (QED) is 0.615. The van der Waals surface area contributed by atoms with Crippen molar-refractivity contribution in [2.24, 2.45) is 10.9 Å². The second-order valence-corrected chi connectivity index (χ2v) is 7.77. The van der Waals surface area contributed by atoms with Gasteiger partial charge in [0.1, 0.15) is 5.82 Å². The van der Waals surface area contributed by atoms with Gasteiger partial charge in [-0.2, -0.15) is 0 Å². The molecule has 0 atom stereocenters. The zero-order valence-corrected chi connectivity index (χ0v) is 17.9. The van der Waals surface area contributed by atoms with Crippen LogP contribution in [0.4, 0.5) is 10.6 Å². The minimum Gasteiger partial charge on any atom is -0.450 e. The average molecular weight is 403 g/mol. The largest absolute Gasteiger partial charge is 0.450 e. The molecule has 2 aliphatic heterocycles. The van der Waals surface area contributed by atoms with Gasteiger partial charge < -0.3 is 24.8 Å². The number of hydrogen-bond donors (Lipinski definition) is 1. The van der Waals surface area contributed by atoms with E-state index < -0.39 is 0 Å². The van der Waals surface area contributed by atoms with E-state index in [9.17, 15) is 4.79 Å². The van der Waals surface area contributed by atoms with Gasteiger partial charge in [0, 0.05) is 59.1 Å². The number of carbonyl (C=O) groups is 1. The number of rotatable bonds is 4. The Balaban J connectivity index is 1.47. The second kappa shape index (κ2) is 10.3. The smallest absolute Gasteiger partial charge is 0.409 e. The van der Waals surface area contributed by atoms with Crippen molar-refractivity contribution in [2.45, 2.75) is 33.2 Å². The molecule has 0 saturated carbocycles. The maximum Gasteiger partial charge on any atom is 0.409 e. The van der Waals surface area contributed by atoms with Gasteiger partial charge in [0.2, 0.25) is 0 Å². The predicted molar refractivity (Wildman–Crippen MR) is 115 cm³/mol. The lowest BCUT2D eigenvalue weighted by Crippen LogP contribution is -2.53. The van der Waals surface area contributed by atoms with Gasteiger partial charge in [-0.05, 0) is 37.3 Å². The third-order valence-electron chi connectivity index (χ3n) is 5.68. The Kier molecular flexibility index (Phi) is 7.55. The van der Waals surface area contributed by atoms with Crippen LogP contribution in [0.1, 0.15) is 32.3 Å². The number of nitrogens with one attached hydrogen (secondary N) is 1. The number of pyridine rings is 1. The summed E-state index contributed by atoms with van der Waals surface area (Å²) in [6.45, 7) is 10.2. The fourth-order valence-electron chi connectivity index (χ4n) is 3.77. The first-order valence-corrected chi connectivity index (χ1v) is 10.7. The molecule has 8 heteroatoms. The lowest BCUT2D eigenvalue weighted by molar-refractivity contribution is 0.0914. The fourth-order valence-corrected chi connectivity index (χ4v) is 3.77. The SMILES string of the molecule is CCOC(=O)N1CCN(C(=NC)NCc2ccc(N3CCC(C)CC3)nc2)CC1. The summed E-state index contributed by atoms with van der Waals surface area (Å²) in [5.41, 5.74) is 1.13. The van der Waals surface area contributed by atoms with E-state index >= 15 is 0 Å². The number of guanidine groups is 1. The maximum absolute atomic E-state index is 11.8. The monoisotopic (exact) mass is 402 g/mol. The van der Waals surface area contributed by atoms with Crippen molar-refractivity contribution in [3.8, 4) is 0 Å². The van der Waals surface area contributed by atoms with Gasteiger partial charge in [-0.25, -0.2) is 9.78 Å². The molecule has 1 N–H and O–H groups in total. The highest BCUT2D eigenvalue weighted by atomic mass is 16.6. The molecule has 2 aliphatic rings. The van der Waals surface area contributed by atoms with E-state index in [1.807, 2.05) is 13.1 Å². The van der Waals surface area contributed by atoms with E-state index in [4.69, 9.17) is 4.74 Å². The standard InChI is InChI=1S/C21H34N6O2/c1-4-29-21(28)27-13-11-26(12-14-27)20(22-3)24-16-18-5-6-19(23-15-18)25-9-7-17(2)8-10-25/h5-6,15,17H,4,7-14,16H2,1-3H3,(H,22,24). The van der Waals surface area contributed by atoms with Crippen LogP contribution in [-0.2, 0) is 11.3 Å². The molecule has 0 spiro atoms. The number of piperazine rings is 1. The van der Waals surface area contributed by atoms with E-state index in [1.165, 1.54) is 12.8 Å². The Morgan fingerprint density at radius 1 is 1.17 bits per heavy atom. The van der Waals surface area contributed by atoms with Crippen LogP contribution in [0.3, 0.4) is 0 Å². The molecule has 0 bridgehead atoms. The normalized spacial score (nSPS) is 18.7. The maximum atomic E-state index is 11.8. The number of anilines is 1. The van der Waals surface area contributed by atoms with Gasteiger partial charge in [-0.3, -0.25) is 4.99 Å². The van der Waals surface area contributed by atoms with Crippen molar-refractivity contribution in [1.82, 2.24) is 20.1 Å². The van der Waals surface area contributed by atoms with Gasteiger partial charge in [0.15, 0.2) is 5.96 Å². The molecular formula is C21H34N6O2. The number of hydrogen-bond acceptors (Lipinski definition) is 5. The summed E-state index contributed by atoms with van der Waals surface area (Å²) < 4.78 is 5.08. The highest BCUT2D eigenvalue weighted by Gasteiger charge is 2.23. The Morgan fingerprint density at radius 2 is 1.86 bits per heavy atom. The van der Waals surface area contributed by atoms with E-state index in [2.05, 4.69) is 44.1 Å². The zero-order chi connectivity index (χ0) is 20.6. The molecule has 160 valence electrons. The number of amides is 1. The van der Waals surface area contributed by atoms with Crippen LogP contribution in [0.5, 0.6) is 0 Å². The number of ether oxygens (including phenoxy) is 1. The molecule has 3 heterocycles. The molecule has 0 radical (unpaired) electrons. The summed E-state index contributed by atoms with van der Waals surface area (Å²) in [6.07, 6.45) is 4.20. The minimum atomic E-state index is -0.232. The van der Waals surface area contributed by atoms with Crippen LogP contribution < -0.4 is 10.2 Å². The van der Waals surface area contributed by atoms with Crippen molar-refractivity contribution in [2.75, 3.05) is 57.8 Å². The molecule has 1 aromatic rings. The molecule has 2 fully saturated rings. The first-order valence-electron chi connectivity index (χ1n) is 10.7.